The van der Waals surface area contributed by atoms with Gasteiger partial charge in [0.2, 0.25) is 0 Å². The van der Waals surface area contributed by atoms with Crippen molar-refractivity contribution in [3.05, 3.63) is 84.4 Å². The van der Waals surface area contributed by atoms with Crippen LogP contribution >= 0.6 is 11.8 Å². The molecule has 0 spiro atoms. The Morgan fingerprint density at radius 3 is 2.29 bits per heavy atom. The maximum Gasteiger partial charge on any atom is 0.416 e. The summed E-state index contributed by atoms with van der Waals surface area (Å²) >= 11 is 1.52. The van der Waals surface area contributed by atoms with E-state index in [2.05, 4.69) is 26.8 Å². The summed E-state index contributed by atoms with van der Waals surface area (Å²) in [5.41, 5.74) is 2.05. The van der Waals surface area contributed by atoms with Crippen molar-refractivity contribution in [2.75, 3.05) is 82.9 Å². The topological polar surface area (TPSA) is 48.5 Å². The number of nitrogens with zero attached hydrogens (tertiary/aromatic N) is 4. The Morgan fingerprint density at radius 2 is 1.53 bits per heavy atom. The van der Waals surface area contributed by atoms with Crippen LogP contribution in [0, 0.1) is 5.92 Å². The number of alkyl halides is 3. The van der Waals surface area contributed by atoms with E-state index in [1.165, 1.54) is 23.9 Å². The number of fused-ring (bicyclic) bond motifs is 3. The zero-order valence-corrected chi connectivity index (χ0v) is 29.0. The molecule has 0 amide bonds. The van der Waals surface area contributed by atoms with Crippen molar-refractivity contribution < 1.29 is 27.4 Å². The average molecular weight is 693 g/mol. The summed E-state index contributed by atoms with van der Waals surface area (Å²) in [7, 11) is 4.03. The van der Waals surface area contributed by atoms with E-state index in [0.717, 1.165) is 76.8 Å². The van der Waals surface area contributed by atoms with Gasteiger partial charge in [-0.1, -0.05) is 48.2 Å². The Labute approximate surface area is 290 Å². The molecule has 7 nitrogen and oxygen atoms in total. The van der Waals surface area contributed by atoms with Crippen molar-refractivity contribution in [3.63, 3.8) is 0 Å². The number of para-hydroxylation sites is 1. The van der Waals surface area contributed by atoms with Crippen LogP contribution in [-0.4, -0.2) is 88.9 Å². The zero-order chi connectivity index (χ0) is 34.5. The first-order valence-corrected chi connectivity index (χ1v) is 17.6. The minimum absolute atomic E-state index is 0.236. The summed E-state index contributed by atoms with van der Waals surface area (Å²) in [4.78, 5) is 23.4. The minimum atomic E-state index is -4.39. The van der Waals surface area contributed by atoms with Gasteiger partial charge in [0.1, 0.15) is 19.0 Å². The first kappa shape index (κ1) is 34.9. The second kappa shape index (κ2) is 15.3. The van der Waals surface area contributed by atoms with Gasteiger partial charge in [-0.15, -0.1) is 0 Å². The molecule has 4 aromatic carbocycles. The number of benzene rings is 4. The van der Waals surface area contributed by atoms with Crippen LogP contribution in [0.4, 0.5) is 30.2 Å². The fraction of sp³-hybridized carbons (Fsp3) is 0.395. The van der Waals surface area contributed by atoms with Crippen molar-refractivity contribution in [1.82, 2.24) is 9.80 Å². The summed E-state index contributed by atoms with van der Waals surface area (Å²) < 4.78 is 52.4. The van der Waals surface area contributed by atoms with Crippen LogP contribution in [0.3, 0.4) is 0 Å². The molecule has 1 saturated heterocycles. The predicted molar refractivity (Wildman–Crippen MR) is 190 cm³/mol. The Kier molecular flexibility index (Phi) is 10.9. The summed E-state index contributed by atoms with van der Waals surface area (Å²) in [6, 6.07) is 24.0. The van der Waals surface area contributed by atoms with E-state index in [1.807, 2.05) is 74.4 Å². The molecule has 0 bridgehead atoms. The van der Waals surface area contributed by atoms with Crippen LogP contribution in [-0.2, 0) is 15.7 Å². The molecule has 0 saturated carbocycles. The highest BCUT2D eigenvalue weighted by Crippen LogP contribution is 2.49. The fourth-order valence-corrected chi connectivity index (χ4v) is 7.49. The van der Waals surface area contributed by atoms with Gasteiger partial charge in [0.15, 0.2) is 0 Å². The molecule has 11 heteroatoms. The number of hydrogen-bond acceptors (Lipinski definition) is 8. The third-order valence-electron chi connectivity index (χ3n) is 9.16. The Balaban J connectivity index is 0.929. The Morgan fingerprint density at radius 1 is 0.837 bits per heavy atom. The number of piperazine rings is 1. The maximum absolute atomic E-state index is 13.6. The third-order valence-corrected chi connectivity index (χ3v) is 10.3. The summed E-state index contributed by atoms with van der Waals surface area (Å²) in [5.74, 6) is 0.0787. The quantitative estimate of drug-likeness (QED) is 0.140. The molecular weight excluding hydrogens is 650 g/mol. The van der Waals surface area contributed by atoms with Crippen LogP contribution in [0.15, 0.2) is 88.7 Å². The number of rotatable bonds is 12. The third kappa shape index (κ3) is 8.28. The van der Waals surface area contributed by atoms with E-state index in [1.54, 1.807) is 6.07 Å². The largest absolute Gasteiger partial charge is 0.492 e. The van der Waals surface area contributed by atoms with Gasteiger partial charge in [0.05, 0.1) is 22.9 Å². The monoisotopic (exact) mass is 692 g/mol. The standard InChI is InChI=1S/C38H43F3N4O3S/c1-27(26-48-34-13-7-9-29-30(34)10-6-12-31(29)42(2)3)37(46)47-24-23-44-21-19-43(20-22-44)17-8-18-45-32-11-4-5-14-35(32)49-36-16-15-28(25-33(36)45)38(39,40)41/h4-7,9-16,25,27H,8,17-24,26H2,1-3H3. The molecular formula is C38H43F3N4O3S. The number of esters is 1. The molecule has 2 aliphatic rings. The first-order valence-electron chi connectivity index (χ1n) is 16.8. The number of ether oxygens (including phenoxy) is 2. The highest BCUT2D eigenvalue weighted by molar-refractivity contribution is 7.99. The van der Waals surface area contributed by atoms with Crippen LogP contribution < -0.4 is 14.5 Å². The molecule has 4 aromatic rings. The molecule has 6 rings (SSSR count). The van der Waals surface area contributed by atoms with Gasteiger partial charge >= 0.3 is 12.1 Å². The molecule has 0 N–H and O–H groups in total. The van der Waals surface area contributed by atoms with Gasteiger partial charge in [0.25, 0.3) is 0 Å². The van der Waals surface area contributed by atoms with Crippen molar-refractivity contribution >= 4 is 45.6 Å². The summed E-state index contributed by atoms with van der Waals surface area (Å²) in [6.07, 6.45) is -3.57. The van der Waals surface area contributed by atoms with E-state index in [-0.39, 0.29) is 12.6 Å². The van der Waals surface area contributed by atoms with E-state index in [9.17, 15) is 18.0 Å². The molecule has 1 fully saturated rings. The van der Waals surface area contributed by atoms with E-state index in [4.69, 9.17) is 9.47 Å². The number of carbonyl (C=O) groups is 1. The highest BCUT2D eigenvalue weighted by Gasteiger charge is 2.33. The Bertz CT molecular complexity index is 1760. The summed E-state index contributed by atoms with van der Waals surface area (Å²) in [5, 5.41) is 2.11. The van der Waals surface area contributed by atoms with E-state index < -0.39 is 17.7 Å². The molecule has 0 radical (unpaired) electrons. The van der Waals surface area contributed by atoms with Crippen LogP contribution in [0.2, 0.25) is 0 Å². The average Bonchev–Trinajstić information content (AvgIpc) is 3.09. The molecule has 1 atom stereocenters. The van der Waals surface area contributed by atoms with E-state index >= 15 is 0 Å². The van der Waals surface area contributed by atoms with Gasteiger partial charge in [-0.25, -0.2) is 0 Å². The zero-order valence-electron chi connectivity index (χ0n) is 28.2. The molecule has 0 aromatic heterocycles. The molecule has 2 aliphatic heterocycles. The predicted octanol–water partition coefficient (Wildman–Crippen LogP) is 7.79. The van der Waals surface area contributed by atoms with Crippen molar-refractivity contribution in [2.45, 2.75) is 29.3 Å². The number of anilines is 3. The molecule has 260 valence electrons. The minimum Gasteiger partial charge on any atom is -0.492 e. The van der Waals surface area contributed by atoms with Crippen LogP contribution in [0.1, 0.15) is 18.9 Å². The van der Waals surface area contributed by atoms with Crippen molar-refractivity contribution in [2.24, 2.45) is 5.92 Å². The lowest BCUT2D eigenvalue weighted by Crippen LogP contribution is -2.47. The lowest BCUT2D eigenvalue weighted by atomic mass is 10.1. The van der Waals surface area contributed by atoms with Gasteiger partial charge in [-0.3, -0.25) is 9.69 Å². The highest BCUT2D eigenvalue weighted by atomic mass is 32.2. The van der Waals surface area contributed by atoms with Crippen LogP contribution in [0.25, 0.3) is 10.8 Å². The van der Waals surface area contributed by atoms with Crippen molar-refractivity contribution in [3.8, 4) is 5.75 Å². The second-order valence-electron chi connectivity index (χ2n) is 12.8. The van der Waals surface area contributed by atoms with Crippen LogP contribution in [0.5, 0.6) is 5.75 Å². The Hall–Kier alpha value is -3.93. The van der Waals surface area contributed by atoms with Gasteiger partial charge in [-0.05, 0) is 62.4 Å². The van der Waals surface area contributed by atoms with E-state index in [0.29, 0.717) is 25.4 Å². The van der Waals surface area contributed by atoms with Crippen molar-refractivity contribution in [1.29, 1.82) is 0 Å². The van der Waals surface area contributed by atoms with Gasteiger partial charge in [-0.2, -0.15) is 13.2 Å². The van der Waals surface area contributed by atoms with Gasteiger partial charge < -0.3 is 24.2 Å². The first-order chi connectivity index (χ1) is 23.6. The number of halogens is 3. The lowest BCUT2D eigenvalue weighted by Gasteiger charge is -2.36. The molecule has 0 aliphatic carbocycles. The van der Waals surface area contributed by atoms with Gasteiger partial charge in [0, 0.05) is 79.6 Å². The molecule has 49 heavy (non-hydrogen) atoms. The number of hydrogen-bond donors (Lipinski definition) is 0. The fourth-order valence-electron chi connectivity index (χ4n) is 6.42. The second-order valence-corrected chi connectivity index (χ2v) is 13.9. The maximum atomic E-state index is 13.6. The SMILES string of the molecule is CC(COc1cccc2c(N(C)C)cccc12)C(=O)OCCN1CCN(CCCN2c3ccccc3Sc3ccc(C(F)(F)F)cc32)CC1. The normalized spacial score (nSPS) is 15.8. The molecule has 1 unspecified atom stereocenters. The number of carbonyl (C=O) groups excluding carboxylic acids is 1. The lowest BCUT2D eigenvalue weighted by molar-refractivity contribution is -0.149. The smallest absolute Gasteiger partial charge is 0.416 e. The summed E-state index contributed by atoms with van der Waals surface area (Å²) in [6.45, 7) is 8.06. The molecule has 2 heterocycles.